The number of hydrogen-bond acceptors (Lipinski definition) is 6. The molecular formula is C26H26Cl3N5O5. The number of halogens is 3. The number of ether oxygens (including phenoxy) is 1. The highest BCUT2D eigenvalue weighted by Crippen LogP contribution is 2.40. The van der Waals surface area contributed by atoms with E-state index >= 15 is 0 Å². The van der Waals surface area contributed by atoms with Crippen molar-refractivity contribution >= 4 is 59.2 Å². The topological polar surface area (TPSA) is 128 Å². The molecule has 0 saturated heterocycles. The molecule has 2 heterocycles. The van der Waals surface area contributed by atoms with Crippen LogP contribution >= 0.6 is 35.6 Å². The summed E-state index contributed by atoms with van der Waals surface area (Å²) >= 11 is 12.8. The van der Waals surface area contributed by atoms with Crippen molar-refractivity contribution in [2.24, 2.45) is 5.73 Å². The SMILES string of the molecule is CC1=CN2CC=C(N(C)C(=O)CNC(N)=O)C(OCc3c(Cl)cccc3Cl)=C2N1c1cccc(C(=O)O)c1.Cl. The van der Waals surface area contributed by atoms with E-state index in [2.05, 4.69) is 5.32 Å². The number of benzene rings is 2. The van der Waals surface area contributed by atoms with Crippen LogP contribution in [0.2, 0.25) is 10.0 Å². The maximum Gasteiger partial charge on any atom is 0.335 e. The van der Waals surface area contributed by atoms with Crippen LogP contribution < -0.4 is 16.0 Å². The maximum absolute atomic E-state index is 12.9. The molecule has 13 heteroatoms. The number of carbonyl (C=O) groups excluding carboxylic acids is 2. The minimum absolute atomic E-state index is 0. The number of nitrogens with two attached hydrogens (primary N) is 1. The molecule has 10 nitrogen and oxygen atoms in total. The van der Waals surface area contributed by atoms with Crippen LogP contribution in [0.1, 0.15) is 22.8 Å². The number of primary amides is 1. The summed E-state index contributed by atoms with van der Waals surface area (Å²) in [5.41, 5.74) is 7.66. The van der Waals surface area contributed by atoms with Crippen LogP contribution in [0.25, 0.3) is 0 Å². The van der Waals surface area contributed by atoms with Gasteiger partial charge >= 0.3 is 12.0 Å². The molecule has 2 aromatic carbocycles. The van der Waals surface area contributed by atoms with Crippen LogP contribution in [-0.4, -0.2) is 53.0 Å². The summed E-state index contributed by atoms with van der Waals surface area (Å²) in [7, 11) is 1.56. The zero-order valence-corrected chi connectivity index (χ0v) is 23.3. The molecule has 39 heavy (non-hydrogen) atoms. The number of urea groups is 1. The standard InChI is InChI=1S/C26H25Cl2N5O5.ClH/c1-15-13-32-10-9-21(31(2)22(34)12-30-26(29)37)23(38-14-18-19(27)7-4-8-20(18)28)24(32)33(15)17-6-3-5-16(11-17)25(35)36;/h3-9,11,13H,10,12,14H2,1-2H3,(H,35,36)(H3,29,30,37);1H. The number of carboxylic acid groups (broad SMARTS) is 1. The van der Waals surface area contributed by atoms with Crippen LogP contribution in [0.4, 0.5) is 10.5 Å². The highest BCUT2D eigenvalue weighted by atomic mass is 35.5. The van der Waals surface area contributed by atoms with Crippen LogP contribution in [0, 0.1) is 0 Å². The molecule has 0 radical (unpaired) electrons. The molecule has 0 aromatic heterocycles. The van der Waals surface area contributed by atoms with E-state index in [1.165, 1.54) is 11.0 Å². The summed E-state index contributed by atoms with van der Waals surface area (Å²) in [5, 5.41) is 12.7. The summed E-state index contributed by atoms with van der Waals surface area (Å²) in [4.78, 5) is 40.8. The first-order valence-electron chi connectivity index (χ1n) is 11.5. The first kappa shape index (κ1) is 29.7. The minimum atomic E-state index is -1.06. The number of fused-ring (bicyclic) bond motifs is 1. The quantitative estimate of drug-likeness (QED) is 0.410. The van der Waals surface area contributed by atoms with Crippen LogP contribution in [0.5, 0.6) is 0 Å². The second-order valence-corrected chi connectivity index (χ2v) is 9.33. The van der Waals surface area contributed by atoms with Gasteiger partial charge in [-0.05, 0) is 43.3 Å². The Kier molecular flexibility index (Phi) is 9.39. The third kappa shape index (κ3) is 6.25. The molecule has 0 bridgehead atoms. The third-order valence-electron chi connectivity index (χ3n) is 6.02. The summed E-state index contributed by atoms with van der Waals surface area (Å²) < 4.78 is 6.34. The average Bonchev–Trinajstić information content (AvgIpc) is 3.22. The van der Waals surface area contributed by atoms with Crippen molar-refractivity contribution in [3.05, 3.63) is 98.9 Å². The predicted molar refractivity (Wildman–Crippen MR) is 150 cm³/mol. The summed E-state index contributed by atoms with van der Waals surface area (Å²) in [5.74, 6) is -0.577. The zero-order valence-electron chi connectivity index (χ0n) is 21.0. The monoisotopic (exact) mass is 593 g/mol. The number of nitrogens with zero attached hydrogens (tertiary/aromatic N) is 3. The Bertz CT molecular complexity index is 1390. The van der Waals surface area contributed by atoms with Crippen molar-refractivity contribution < 1.29 is 24.2 Å². The van der Waals surface area contributed by atoms with Crippen molar-refractivity contribution in [1.29, 1.82) is 0 Å². The highest BCUT2D eigenvalue weighted by molar-refractivity contribution is 6.35. The van der Waals surface area contributed by atoms with Crippen LogP contribution in [-0.2, 0) is 16.1 Å². The molecule has 0 aliphatic carbocycles. The Morgan fingerprint density at radius 1 is 1.15 bits per heavy atom. The number of likely N-dealkylation sites (N-methyl/N-ethyl adjacent to an activating group) is 1. The number of anilines is 1. The molecule has 0 unspecified atom stereocenters. The number of carboxylic acids is 1. The summed E-state index contributed by atoms with van der Waals surface area (Å²) in [6.45, 7) is 1.96. The van der Waals surface area contributed by atoms with Gasteiger partial charge in [0.2, 0.25) is 5.91 Å². The molecule has 0 spiro atoms. The average molecular weight is 595 g/mol. The van der Waals surface area contributed by atoms with Crippen molar-refractivity contribution in [2.45, 2.75) is 13.5 Å². The first-order chi connectivity index (χ1) is 18.1. The Balaban J connectivity index is 0.00000420. The number of aromatic carboxylic acids is 1. The molecule has 0 saturated carbocycles. The van der Waals surface area contributed by atoms with E-state index in [0.717, 1.165) is 5.70 Å². The van der Waals surface area contributed by atoms with Gasteiger partial charge in [0.05, 0.1) is 17.8 Å². The molecule has 2 aromatic rings. The Labute approximate surface area is 241 Å². The normalized spacial score (nSPS) is 14.2. The van der Waals surface area contributed by atoms with E-state index in [-0.39, 0.29) is 31.1 Å². The van der Waals surface area contributed by atoms with Crippen molar-refractivity contribution in [1.82, 2.24) is 15.1 Å². The third-order valence-corrected chi connectivity index (χ3v) is 6.73. The number of nitrogens with one attached hydrogen (secondary N) is 1. The van der Waals surface area contributed by atoms with Gasteiger partial charge in [0.15, 0.2) is 11.6 Å². The van der Waals surface area contributed by atoms with Gasteiger partial charge in [-0.2, -0.15) is 0 Å². The van der Waals surface area contributed by atoms with Gasteiger partial charge < -0.3 is 30.7 Å². The summed E-state index contributed by atoms with van der Waals surface area (Å²) in [6.07, 6.45) is 3.72. The maximum atomic E-state index is 12.9. The smallest absolute Gasteiger partial charge is 0.335 e. The first-order valence-corrected chi connectivity index (χ1v) is 12.2. The molecule has 206 valence electrons. The lowest BCUT2D eigenvalue weighted by molar-refractivity contribution is -0.127. The number of amides is 3. The van der Waals surface area contributed by atoms with E-state index in [0.29, 0.717) is 45.1 Å². The second kappa shape index (κ2) is 12.3. The number of hydrogen-bond donors (Lipinski definition) is 3. The van der Waals surface area contributed by atoms with E-state index in [9.17, 15) is 19.5 Å². The fourth-order valence-corrected chi connectivity index (χ4v) is 4.67. The largest absolute Gasteiger partial charge is 0.483 e. The van der Waals surface area contributed by atoms with Gasteiger partial charge in [0, 0.05) is 46.8 Å². The molecule has 4 N–H and O–H groups in total. The fraction of sp³-hybridized carbons (Fsp3) is 0.192. The van der Waals surface area contributed by atoms with Crippen LogP contribution in [0.3, 0.4) is 0 Å². The van der Waals surface area contributed by atoms with Crippen molar-refractivity contribution in [3.8, 4) is 0 Å². The lowest BCUT2D eigenvalue weighted by Gasteiger charge is -2.34. The molecule has 4 rings (SSSR count). The van der Waals surface area contributed by atoms with Crippen LogP contribution in [0.15, 0.2) is 77.7 Å². The lowest BCUT2D eigenvalue weighted by atomic mass is 10.1. The van der Waals surface area contributed by atoms with Gasteiger partial charge in [0.25, 0.3) is 0 Å². The van der Waals surface area contributed by atoms with Gasteiger partial charge in [-0.1, -0.05) is 35.3 Å². The Morgan fingerprint density at radius 3 is 2.46 bits per heavy atom. The van der Waals surface area contributed by atoms with E-state index in [1.807, 2.05) is 29.0 Å². The number of carbonyl (C=O) groups is 3. The lowest BCUT2D eigenvalue weighted by Crippen LogP contribution is -2.42. The number of rotatable bonds is 8. The fourth-order valence-electron chi connectivity index (χ4n) is 4.17. The van der Waals surface area contributed by atoms with Gasteiger partial charge in [0.1, 0.15) is 6.61 Å². The van der Waals surface area contributed by atoms with Gasteiger partial charge in [-0.3, -0.25) is 9.69 Å². The predicted octanol–water partition coefficient (Wildman–Crippen LogP) is 4.51. The Morgan fingerprint density at radius 2 is 1.82 bits per heavy atom. The molecule has 2 aliphatic heterocycles. The second-order valence-electron chi connectivity index (χ2n) is 8.52. The molecule has 0 atom stereocenters. The molecule has 2 aliphatic rings. The zero-order chi connectivity index (χ0) is 27.6. The van der Waals surface area contributed by atoms with E-state index in [4.69, 9.17) is 33.7 Å². The molecular weight excluding hydrogens is 569 g/mol. The van der Waals surface area contributed by atoms with Gasteiger partial charge in [-0.25, -0.2) is 9.59 Å². The van der Waals surface area contributed by atoms with Crippen molar-refractivity contribution in [2.75, 3.05) is 25.0 Å². The number of allylic oxidation sites excluding steroid dienone is 1. The molecule has 3 amide bonds. The van der Waals surface area contributed by atoms with Crippen molar-refractivity contribution in [3.63, 3.8) is 0 Å². The Hall–Kier alpha value is -3.86. The van der Waals surface area contributed by atoms with E-state index in [1.54, 1.807) is 43.4 Å². The highest BCUT2D eigenvalue weighted by Gasteiger charge is 2.36. The molecule has 0 fully saturated rings. The van der Waals surface area contributed by atoms with Gasteiger partial charge in [-0.15, -0.1) is 12.4 Å². The minimum Gasteiger partial charge on any atom is -0.483 e. The summed E-state index contributed by atoms with van der Waals surface area (Å²) in [6, 6.07) is 10.8. The van der Waals surface area contributed by atoms with E-state index < -0.39 is 17.9 Å².